The zero-order chi connectivity index (χ0) is 16.1. The summed E-state index contributed by atoms with van der Waals surface area (Å²) in [5.74, 6) is 1.91. The van der Waals surface area contributed by atoms with Crippen LogP contribution in [-0.2, 0) is 6.54 Å². The van der Waals surface area contributed by atoms with Gasteiger partial charge in [-0.2, -0.15) is 0 Å². The van der Waals surface area contributed by atoms with Gasteiger partial charge in [-0.25, -0.2) is 0 Å². The topological polar surface area (TPSA) is 85.4 Å². The molecule has 2 heterocycles. The molecule has 0 saturated heterocycles. The van der Waals surface area contributed by atoms with Crippen LogP contribution in [0.25, 0.3) is 0 Å². The highest BCUT2D eigenvalue weighted by atomic mass is 16.7. The van der Waals surface area contributed by atoms with E-state index >= 15 is 0 Å². The van der Waals surface area contributed by atoms with Gasteiger partial charge in [-0.15, -0.1) is 10.2 Å². The zero-order valence-corrected chi connectivity index (χ0v) is 12.8. The normalized spacial score (nSPS) is 12.0. The molecule has 0 bridgehead atoms. The van der Waals surface area contributed by atoms with Crippen molar-refractivity contribution in [1.82, 2.24) is 15.5 Å². The Bertz CT molecular complexity index is 688. The van der Waals surface area contributed by atoms with Crippen LogP contribution in [0.4, 0.5) is 5.82 Å². The Hall–Kier alpha value is -2.83. The first-order chi connectivity index (χ1) is 11.3. The van der Waals surface area contributed by atoms with E-state index in [1.54, 1.807) is 12.1 Å². The maximum absolute atomic E-state index is 11.7. The lowest BCUT2D eigenvalue weighted by atomic mass is 10.2. The van der Waals surface area contributed by atoms with Gasteiger partial charge in [0.05, 0.1) is 0 Å². The van der Waals surface area contributed by atoms with Gasteiger partial charge in [0.25, 0.3) is 5.91 Å². The average Bonchev–Trinajstić information content (AvgIpc) is 3.06. The Morgan fingerprint density at radius 2 is 2.04 bits per heavy atom. The molecule has 3 rings (SSSR count). The molecule has 0 radical (unpaired) electrons. The van der Waals surface area contributed by atoms with E-state index in [-0.39, 0.29) is 12.7 Å². The van der Waals surface area contributed by atoms with E-state index in [1.165, 1.54) is 0 Å². The van der Waals surface area contributed by atoms with E-state index in [1.807, 2.05) is 25.1 Å². The van der Waals surface area contributed by atoms with Crippen LogP contribution in [0.5, 0.6) is 11.5 Å². The molecule has 1 aliphatic rings. The van der Waals surface area contributed by atoms with Crippen molar-refractivity contribution in [3.8, 4) is 11.5 Å². The quantitative estimate of drug-likeness (QED) is 0.848. The van der Waals surface area contributed by atoms with Gasteiger partial charge in [0.15, 0.2) is 17.2 Å². The van der Waals surface area contributed by atoms with Crippen molar-refractivity contribution in [2.75, 3.05) is 18.7 Å². The molecule has 0 atom stereocenters. The van der Waals surface area contributed by atoms with Gasteiger partial charge in [-0.05, 0) is 36.2 Å². The smallest absolute Gasteiger partial charge is 0.271 e. The third kappa shape index (κ3) is 3.68. The third-order valence-electron chi connectivity index (χ3n) is 3.34. The summed E-state index contributed by atoms with van der Waals surface area (Å²) < 4.78 is 10.6. The first-order valence-electron chi connectivity index (χ1n) is 7.50. The van der Waals surface area contributed by atoms with Gasteiger partial charge in [0.2, 0.25) is 6.79 Å². The van der Waals surface area contributed by atoms with Crippen LogP contribution in [0.2, 0.25) is 0 Å². The van der Waals surface area contributed by atoms with Crippen LogP contribution in [-0.4, -0.2) is 29.4 Å². The molecule has 1 aromatic heterocycles. The number of ether oxygens (including phenoxy) is 2. The second-order valence-corrected chi connectivity index (χ2v) is 5.10. The van der Waals surface area contributed by atoms with Crippen LogP contribution >= 0.6 is 0 Å². The summed E-state index contributed by atoms with van der Waals surface area (Å²) in [5.41, 5.74) is 1.35. The number of fused-ring (bicyclic) bond motifs is 1. The molecule has 0 fully saturated rings. The molecule has 0 aliphatic carbocycles. The first-order valence-corrected chi connectivity index (χ1v) is 7.50. The molecular formula is C16H18N4O3. The maximum atomic E-state index is 11.7. The van der Waals surface area contributed by atoms with Crippen molar-refractivity contribution in [1.29, 1.82) is 0 Å². The molecule has 0 saturated carbocycles. The van der Waals surface area contributed by atoms with Crippen molar-refractivity contribution in [2.24, 2.45) is 0 Å². The lowest BCUT2D eigenvalue weighted by Gasteiger charge is -2.07. The highest BCUT2D eigenvalue weighted by Gasteiger charge is 2.13. The lowest BCUT2D eigenvalue weighted by Crippen LogP contribution is -2.25. The summed E-state index contributed by atoms with van der Waals surface area (Å²) in [7, 11) is 0. The number of anilines is 1. The van der Waals surface area contributed by atoms with E-state index in [9.17, 15) is 4.79 Å². The SMILES string of the molecule is CCCNC(=O)c1ccc(NCc2ccc3c(c2)OCO3)nn1. The minimum Gasteiger partial charge on any atom is -0.454 e. The van der Waals surface area contributed by atoms with E-state index < -0.39 is 0 Å². The number of hydrogen-bond donors (Lipinski definition) is 2. The molecule has 120 valence electrons. The predicted octanol–water partition coefficient (Wildman–Crippen LogP) is 1.96. The fourth-order valence-corrected chi connectivity index (χ4v) is 2.12. The Morgan fingerprint density at radius 3 is 2.83 bits per heavy atom. The molecule has 0 spiro atoms. The Balaban J connectivity index is 1.57. The van der Waals surface area contributed by atoms with E-state index in [0.29, 0.717) is 24.6 Å². The van der Waals surface area contributed by atoms with Crippen molar-refractivity contribution in [3.05, 3.63) is 41.6 Å². The number of amides is 1. The third-order valence-corrected chi connectivity index (χ3v) is 3.34. The minimum absolute atomic E-state index is 0.207. The van der Waals surface area contributed by atoms with Gasteiger partial charge in [0.1, 0.15) is 5.82 Å². The summed E-state index contributed by atoms with van der Waals surface area (Å²) in [6.45, 7) is 3.46. The molecule has 2 aromatic rings. The second kappa shape index (κ2) is 6.95. The molecule has 7 heteroatoms. The standard InChI is InChI=1S/C16H18N4O3/c1-2-7-17-16(21)12-4-6-15(20-19-12)18-9-11-3-5-13-14(8-11)23-10-22-13/h3-6,8H,2,7,9-10H2,1H3,(H,17,21)(H,18,20). The number of rotatable bonds is 6. The van der Waals surface area contributed by atoms with Crippen molar-refractivity contribution in [2.45, 2.75) is 19.9 Å². The van der Waals surface area contributed by atoms with Crippen LogP contribution in [0, 0.1) is 0 Å². The monoisotopic (exact) mass is 314 g/mol. The number of hydrogen-bond acceptors (Lipinski definition) is 6. The summed E-state index contributed by atoms with van der Waals surface area (Å²) >= 11 is 0. The fourth-order valence-electron chi connectivity index (χ4n) is 2.12. The van der Waals surface area contributed by atoms with E-state index in [2.05, 4.69) is 20.8 Å². The largest absolute Gasteiger partial charge is 0.454 e. The number of nitrogens with zero attached hydrogens (tertiary/aromatic N) is 2. The average molecular weight is 314 g/mol. The number of benzene rings is 1. The van der Waals surface area contributed by atoms with Crippen LogP contribution < -0.4 is 20.1 Å². The zero-order valence-electron chi connectivity index (χ0n) is 12.8. The van der Waals surface area contributed by atoms with Crippen molar-refractivity contribution in [3.63, 3.8) is 0 Å². The Kier molecular flexibility index (Phi) is 4.56. The van der Waals surface area contributed by atoms with E-state index in [0.717, 1.165) is 23.5 Å². The summed E-state index contributed by atoms with van der Waals surface area (Å²) in [6.07, 6.45) is 0.883. The first kappa shape index (κ1) is 15.1. The highest BCUT2D eigenvalue weighted by molar-refractivity contribution is 5.92. The van der Waals surface area contributed by atoms with Gasteiger partial charge in [-0.1, -0.05) is 13.0 Å². The van der Waals surface area contributed by atoms with Crippen LogP contribution in [0.1, 0.15) is 29.4 Å². The van der Waals surface area contributed by atoms with Crippen LogP contribution in [0.15, 0.2) is 30.3 Å². The highest BCUT2D eigenvalue weighted by Crippen LogP contribution is 2.32. The van der Waals surface area contributed by atoms with Gasteiger partial charge in [-0.3, -0.25) is 4.79 Å². The van der Waals surface area contributed by atoms with Crippen LogP contribution in [0.3, 0.4) is 0 Å². The number of carbonyl (C=O) groups excluding carboxylic acids is 1. The maximum Gasteiger partial charge on any atom is 0.271 e. The predicted molar refractivity (Wildman–Crippen MR) is 84.5 cm³/mol. The number of aromatic nitrogens is 2. The Labute approximate surface area is 134 Å². The molecule has 7 nitrogen and oxygen atoms in total. The molecule has 2 N–H and O–H groups in total. The molecular weight excluding hydrogens is 296 g/mol. The number of nitrogens with one attached hydrogen (secondary N) is 2. The molecule has 1 amide bonds. The summed E-state index contributed by atoms with van der Waals surface area (Å²) in [6, 6.07) is 9.16. The summed E-state index contributed by atoms with van der Waals surface area (Å²) in [4.78, 5) is 11.7. The van der Waals surface area contributed by atoms with Gasteiger partial charge < -0.3 is 20.1 Å². The van der Waals surface area contributed by atoms with Crippen molar-refractivity contribution < 1.29 is 14.3 Å². The second-order valence-electron chi connectivity index (χ2n) is 5.10. The number of carbonyl (C=O) groups is 1. The summed E-state index contributed by atoms with van der Waals surface area (Å²) in [5, 5.41) is 13.9. The molecule has 1 aromatic carbocycles. The van der Waals surface area contributed by atoms with Gasteiger partial charge in [0, 0.05) is 13.1 Å². The van der Waals surface area contributed by atoms with Gasteiger partial charge >= 0.3 is 0 Å². The van der Waals surface area contributed by atoms with E-state index in [4.69, 9.17) is 9.47 Å². The molecule has 1 aliphatic heterocycles. The van der Waals surface area contributed by atoms with Crippen molar-refractivity contribution >= 4 is 11.7 Å². The Morgan fingerprint density at radius 1 is 1.17 bits per heavy atom. The lowest BCUT2D eigenvalue weighted by molar-refractivity contribution is 0.0947. The minimum atomic E-state index is -0.207. The molecule has 23 heavy (non-hydrogen) atoms. The fraction of sp³-hybridized carbons (Fsp3) is 0.312. The molecule has 0 unspecified atom stereocenters.